The quantitative estimate of drug-likeness (QED) is 0.649. The van der Waals surface area contributed by atoms with Crippen LogP contribution in [0.4, 0.5) is 5.69 Å². The van der Waals surface area contributed by atoms with Crippen molar-refractivity contribution < 1.29 is 4.79 Å². The first-order valence-corrected chi connectivity index (χ1v) is 7.95. The number of amides is 1. The molecule has 0 heterocycles. The van der Waals surface area contributed by atoms with Crippen molar-refractivity contribution in [3.05, 3.63) is 59.1 Å². The summed E-state index contributed by atoms with van der Waals surface area (Å²) in [5, 5.41) is 3.57. The lowest BCUT2D eigenvalue weighted by Gasteiger charge is -2.14. The molecule has 2 aromatic carbocycles. The van der Waals surface area contributed by atoms with E-state index in [0.717, 1.165) is 10.5 Å². The van der Waals surface area contributed by atoms with E-state index in [4.69, 9.17) is 17.3 Å². The largest absolute Gasteiger partial charge is 0.398 e. The van der Waals surface area contributed by atoms with Gasteiger partial charge < -0.3 is 11.1 Å². The van der Waals surface area contributed by atoms with Gasteiger partial charge in [-0.2, -0.15) is 0 Å². The van der Waals surface area contributed by atoms with Crippen LogP contribution < -0.4 is 11.1 Å². The molecule has 21 heavy (non-hydrogen) atoms. The smallest absolute Gasteiger partial charge is 0.230 e. The van der Waals surface area contributed by atoms with Gasteiger partial charge in [0.25, 0.3) is 0 Å². The Bertz CT molecular complexity index is 619. The topological polar surface area (TPSA) is 55.1 Å². The van der Waals surface area contributed by atoms with Gasteiger partial charge in [0.05, 0.1) is 11.8 Å². The number of hydrogen-bond donors (Lipinski definition) is 2. The van der Waals surface area contributed by atoms with Crippen LogP contribution in [-0.2, 0) is 4.79 Å². The molecule has 0 aliphatic carbocycles. The fourth-order valence-electron chi connectivity index (χ4n) is 1.90. The van der Waals surface area contributed by atoms with Gasteiger partial charge in [0.1, 0.15) is 0 Å². The second-order valence-corrected chi connectivity index (χ2v) is 6.12. The molecule has 0 saturated heterocycles. The van der Waals surface area contributed by atoms with Gasteiger partial charge in [-0.25, -0.2) is 0 Å². The molecular formula is C16H17ClN2OS. The summed E-state index contributed by atoms with van der Waals surface area (Å²) in [6.45, 7) is 1.97. The average molecular weight is 321 g/mol. The summed E-state index contributed by atoms with van der Waals surface area (Å²) in [5.74, 6) is 0.300. The molecule has 0 fully saturated rings. The molecule has 0 bridgehead atoms. The summed E-state index contributed by atoms with van der Waals surface area (Å²) in [4.78, 5) is 12.8. The van der Waals surface area contributed by atoms with Crippen LogP contribution in [0.5, 0.6) is 0 Å². The molecule has 0 radical (unpaired) electrons. The predicted octanol–water partition coefficient (Wildman–Crippen LogP) is 3.89. The molecule has 3 N–H and O–H groups in total. The van der Waals surface area contributed by atoms with E-state index in [1.54, 1.807) is 12.1 Å². The maximum absolute atomic E-state index is 12.0. The monoisotopic (exact) mass is 320 g/mol. The van der Waals surface area contributed by atoms with Crippen molar-refractivity contribution in [3.63, 3.8) is 0 Å². The Labute approximate surface area is 133 Å². The number of benzene rings is 2. The van der Waals surface area contributed by atoms with E-state index in [2.05, 4.69) is 5.32 Å². The van der Waals surface area contributed by atoms with Crippen LogP contribution in [0.1, 0.15) is 18.5 Å². The van der Waals surface area contributed by atoms with Crippen molar-refractivity contribution in [2.45, 2.75) is 17.9 Å². The van der Waals surface area contributed by atoms with E-state index < -0.39 is 0 Å². The minimum absolute atomic E-state index is 0.0122. The summed E-state index contributed by atoms with van der Waals surface area (Å²) in [5.41, 5.74) is 7.54. The molecule has 1 unspecified atom stereocenters. The molecule has 3 nitrogen and oxygen atoms in total. The highest BCUT2D eigenvalue weighted by atomic mass is 35.5. The van der Waals surface area contributed by atoms with Crippen LogP contribution in [0.3, 0.4) is 0 Å². The van der Waals surface area contributed by atoms with E-state index >= 15 is 0 Å². The highest BCUT2D eigenvalue weighted by molar-refractivity contribution is 8.00. The van der Waals surface area contributed by atoms with Crippen LogP contribution in [0, 0.1) is 0 Å². The maximum Gasteiger partial charge on any atom is 0.230 e. The zero-order valence-electron chi connectivity index (χ0n) is 11.7. The van der Waals surface area contributed by atoms with Gasteiger partial charge in [-0.05, 0) is 30.7 Å². The molecule has 2 rings (SSSR count). The Kier molecular flexibility index (Phi) is 5.53. The van der Waals surface area contributed by atoms with E-state index in [1.807, 2.05) is 43.3 Å². The second kappa shape index (κ2) is 7.38. The van der Waals surface area contributed by atoms with Crippen LogP contribution >= 0.6 is 23.4 Å². The minimum Gasteiger partial charge on any atom is -0.398 e. The fraction of sp³-hybridized carbons (Fsp3) is 0.188. The Hall–Kier alpha value is -1.65. The molecule has 0 saturated carbocycles. The predicted molar refractivity (Wildman–Crippen MR) is 89.6 cm³/mol. The molecule has 1 atom stereocenters. The number of rotatable bonds is 5. The Balaban J connectivity index is 1.87. The number of carbonyl (C=O) groups is 1. The first-order valence-electron chi connectivity index (χ1n) is 6.58. The molecule has 0 aromatic heterocycles. The van der Waals surface area contributed by atoms with E-state index in [9.17, 15) is 4.79 Å². The normalized spacial score (nSPS) is 11.9. The molecule has 0 aliphatic rings. The second-order valence-electron chi connectivity index (χ2n) is 4.67. The number of nitrogens with one attached hydrogen (secondary N) is 1. The molecule has 0 spiro atoms. The molecule has 110 valence electrons. The van der Waals surface area contributed by atoms with E-state index in [1.165, 1.54) is 11.8 Å². The SMILES string of the molecule is CC(NC(=O)CSc1ccc(Cl)cc1N)c1ccccc1. The molecular weight excluding hydrogens is 304 g/mol. The van der Waals surface area contributed by atoms with Crippen molar-refractivity contribution in [2.75, 3.05) is 11.5 Å². The van der Waals surface area contributed by atoms with E-state index in [-0.39, 0.29) is 11.9 Å². The lowest BCUT2D eigenvalue weighted by Crippen LogP contribution is -2.28. The van der Waals surface area contributed by atoms with Crippen LogP contribution in [0.25, 0.3) is 0 Å². The van der Waals surface area contributed by atoms with Crippen molar-refractivity contribution in [1.29, 1.82) is 0 Å². The van der Waals surface area contributed by atoms with Crippen molar-refractivity contribution >= 4 is 35.0 Å². The minimum atomic E-state index is -0.0225. The summed E-state index contributed by atoms with van der Waals surface area (Å²) in [6.07, 6.45) is 0. The zero-order chi connectivity index (χ0) is 15.2. The van der Waals surface area contributed by atoms with Crippen molar-refractivity contribution in [1.82, 2.24) is 5.32 Å². The third-order valence-corrected chi connectivity index (χ3v) is 4.33. The zero-order valence-corrected chi connectivity index (χ0v) is 13.2. The van der Waals surface area contributed by atoms with Crippen LogP contribution in [0.15, 0.2) is 53.4 Å². The van der Waals surface area contributed by atoms with Gasteiger partial charge in [0.15, 0.2) is 0 Å². The molecule has 2 aromatic rings. The first kappa shape index (κ1) is 15.7. The Morgan fingerprint density at radius 3 is 2.67 bits per heavy atom. The van der Waals surface area contributed by atoms with Gasteiger partial charge >= 0.3 is 0 Å². The van der Waals surface area contributed by atoms with Crippen molar-refractivity contribution in [2.24, 2.45) is 0 Å². The van der Waals surface area contributed by atoms with Gasteiger partial charge in [-0.3, -0.25) is 4.79 Å². The van der Waals surface area contributed by atoms with Gasteiger partial charge in [-0.15, -0.1) is 11.8 Å². The lowest BCUT2D eigenvalue weighted by atomic mass is 10.1. The highest BCUT2D eigenvalue weighted by Crippen LogP contribution is 2.27. The molecule has 1 amide bonds. The number of nitrogens with two attached hydrogens (primary N) is 1. The van der Waals surface area contributed by atoms with Crippen LogP contribution in [-0.4, -0.2) is 11.7 Å². The number of thioether (sulfide) groups is 1. The standard InChI is InChI=1S/C16H17ClN2OS/c1-11(12-5-3-2-4-6-12)19-16(20)10-21-15-8-7-13(17)9-14(15)18/h2-9,11H,10,18H2,1H3,(H,19,20). The number of halogens is 1. The Morgan fingerprint density at radius 2 is 2.00 bits per heavy atom. The molecule has 5 heteroatoms. The van der Waals surface area contributed by atoms with Gasteiger partial charge in [0, 0.05) is 15.6 Å². The highest BCUT2D eigenvalue weighted by Gasteiger charge is 2.10. The third-order valence-electron chi connectivity index (χ3n) is 3.01. The third kappa shape index (κ3) is 4.69. The number of carbonyl (C=O) groups excluding carboxylic acids is 1. The van der Waals surface area contributed by atoms with Crippen molar-refractivity contribution in [3.8, 4) is 0 Å². The molecule has 0 aliphatic heterocycles. The van der Waals surface area contributed by atoms with Gasteiger partial charge in [0.2, 0.25) is 5.91 Å². The summed E-state index contributed by atoms with van der Waals surface area (Å²) >= 11 is 7.25. The Morgan fingerprint density at radius 1 is 1.29 bits per heavy atom. The van der Waals surface area contributed by atoms with Gasteiger partial charge in [-0.1, -0.05) is 41.9 Å². The number of hydrogen-bond acceptors (Lipinski definition) is 3. The van der Waals surface area contributed by atoms with E-state index in [0.29, 0.717) is 16.5 Å². The average Bonchev–Trinajstić information content (AvgIpc) is 2.47. The fourth-order valence-corrected chi connectivity index (χ4v) is 2.84. The summed E-state index contributed by atoms with van der Waals surface area (Å²) < 4.78 is 0. The maximum atomic E-state index is 12.0. The summed E-state index contributed by atoms with van der Waals surface area (Å²) in [7, 11) is 0. The summed E-state index contributed by atoms with van der Waals surface area (Å²) in [6, 6.07) is 15.1. The number of anilines is 1. The lowest BCUT2D eigenvalue weighted by molar-refractivity contribution is -0.119. The number of nitrogen functional groups attached to an aromatic ring is 1. The first-order chi connectivity index (χ1) is 10.1. The van der Waals surface area contributed by atoms with Crippen LogP contribution in [0.2, 0.25) is 5.02 Å².